The van der Waals surface area contributed by atoms with Gasteiger partial charge in [-0.25, -0.2) is 4.79 Å². The maximum Gasteiger partial charge on any atom is 0.319 e. The van der Waals surface area contributed by atoms with E-state index in [-0.39, 0.29) is 18.4 Å². The fourth-order valence-electron chi connectivity index (χ4n) is 3.61. The third kappa shape index (κ3) is 5.75. The molecule has 1 aromatic heterocycles. The lowest BCUT2D eigenvalue weighted by Crippen LogP contribution is -2.28. The number of anilines is 1. The van der Waals surface area contributed by atoms with Crippen LogP contribution in [0, 0.1) is 20.8 Å². The molecule has 0 spiro atoms. The van der Waals surface area contributed by atoms with Crippen LogP contribution in [0.15, 0.2) is 54.6 Å². The Morgan fingerprint density at radius 2 is 1.74 bits per heavy atom. The van der Waals surface area contributed by atoms with Crippen LogP contribution in [0.2, 0.25) is 0 Å². The number of esters is 1. The second-order valence-corrected chi connectivity index (χ2v) is 7.56. The lowest BCUT2D eigenvalue weighted by molar-refractivity contribution is -0.142. The van der Waals surface area contributed by atoms with Gasteiger partial charge in [0.1, 0.15) is 0 Å². The van der Waals surface area contributed by atoms with E-state index in [0.717, 1.165) is 28.2 Å². The van der Waals surface area contributed by atoms with Crippen molar-refractivity contribution in [3.63, 3.8) is 0 Å². The van der Waals surface area contributed by atoms with Crippen molar-refractivity contribution in [1.29, 1.82) is 0 Å². The standard InChI is InChI=1S/C25H29N3O3/c1-5-31-24(29)15-20-9-11-22(12-10-20)27-25(30)26-16-21-14-18(3)28(19(21)4)23-8-6-7-17(2)13-23/h6-14H,5,15-16H2,1-4H3,(H2,26,27,30). The normalized spacial score (nSPS) is 10.6. The van der Waals surface area contributed by atoms with E-state index in [9.17, 15) is 9.59 Å². The molecule has 0 aliphatic carbocycles. The molecule has 1 heterocycles. The third-order valence-corrected chi connectivity index (χ3v) is 5.10. The number of ether oxygens (including phenoxy) is 1. The molecule has 0 radical (unpaired) electrons. The van der Waals surface area contributed by atoms with Crippen LogP contribution < -0.4 is 10.6 Å². The molecule has 162 valence electrons. The molecule has 2 N–H and O–H groups in total. The monoisotopic (exact) mass is 419 g/mol. The largest absolute Gasteiger partial charge is 0.466 e. The zero-order chi connectivity index (χ0) is 22.4. The van der Waals surface area contributed by atoms with Crippen molar-refractivity contribution in [3.8, 4) is 5.69 Å². The fraction of sp³-hybridized carbons (Fsp3) is 0.280. The van der Waals surface area contributed by atoms with Crippen LogP contribution in [0.5, 0.6) is 0 Å². The van der Waals surface area contributed by atoms with Crippen molar-refractivity contribution in [2.24, 2.45) is 0 Å². The Hall–Kier alpha value is -3.54. The molecule has 3 rings (SSSR count). The Balaban J connectivity index is 1.59. The van der Waals surface area contributed by atoms with Crippen molar-refractivity contribution in [2.75, 3.05) is 11.9 Å². The zero-order valence-electron chi connectivity index (χ0n) is 18.5. The first-order valence-corrected chi connectivity index (χ1v) is 10.4. The van der Waals surface area contributed by atoms with Gasteiger partial charge in [0.25, 0.3) is 0 Å². The van der Waals surface area contributed by atoms with Gasteiger partial charge < -0.3 is 19.9 Å². The molecule has 0 atom stereocenters. The Kier molecular flexibility index (Phi) is 7.13. The van der Waals surface area contributed by atoms with E-state index >= 15 is 0 Å². The molecule has 0 saturated heterocycles. The van der Waals surface area contributed by atoms with Gasteiger partial charge in [0.05, 0.1) is 13.0 Å². The van der Waals surface area contributed by atoms with Crippen molar-refractivity contribution in [2.45, 2.75) is 40.7 Å². The molecular formula is C25H29N3O3. The van der Waals surface area contributed by atoms with E-state index in [2.05, 4.69) is 60.2 Å². The summed E-state index contributed by atoms with van der Waals surface area (Å²) in [6.45, 7) is 8.78. The third-order valence-electron chi connectivity index (χ3n) is 5.10. The number of aryl methyl sites for hydroxylation is 2. The molecular weight excluding hydrogens is 390 g/mol. The van der Waals surface area contributed by atoms with E-state index in [1.165, 1.54) is 5.56 Å². The summed E-state index contributed by atoms with van der Waals surface area (Å²) < 4.78 is 7.15. The van der Waals surface area contributed by atoms with Gasteiger partial charge in [-0.05, 0) is 74.7 Å². The quantitative estimate of drug-likeness (QED) is 0.539. The van der Waals surface area contributed by atoms with Crippen molar-refractivity contribution >= 4 is 17.7 Å². The maximum atomic E-state index is 12.3. The molecule has 0 bridgehead atoms. The second kappa shape index (κ2) is 9.98. The number of urea groups is 1. The van der Waals surface area contributed by atoms with Crippen LogP contribution >= 0.6 is 0 Å². The van der Waals surface area contributed by atoms with Gasteiger partial charge in [0, 0.05) is 29.3 Å². The number of carbonyl (C=O) groups is 2. The first-order chi connectivity index (χ1) is 14.9. The minimum atomic E-state index is -0.279. The highest BCUT2D eigenvalue weighted by Gasteiger charge is 2.12. The van der Waals surface area contributed by atoms with Crippen molar-refractivity contribution in [1.82, 2.24) is 9.88 Å². The van der Waals surface area contributed by atoms with E-state index in [4.69, 9.17) is 4.74 Å². The summed E-state index contributed by atoms with van der Waals surface area (Å²) in [4.78, 5) is 23.9. The van der Waals surface area contributed by atoms with Gasteiger partial charge >= 0.3 is 12.0 Å². The number of rotatable bonds is 7. The number of nitrogens with one attached hydrogen (secondary N) is 2. The first-order valence-electron chi connectivity index (χ1n) is 10.4. The topological polar surface area (TPSA) is 72.4 Å². The lowest BCUT2D eigenvalue weighted by Gasteiger charge is -2.11. The number of carbonyl (C=O) groups excluding carboxylic acids is 2. The molecule has 2 amide bonds. The van der Waals surface area contributed by atoms with E-state index in [1.807, 2.05) is 18.2 Å². The Morgan fingerprint density at radius 1 is 1.00 bits per heavy atom. The highest BCUT2D eigenvalue weighted by Crippen LogP contribution is 2.21. The molecule has 0 fully saturated rings. The Labute approximate surface area is 183 Å². The maximum absolute atomic E-state index is 12.3. The summed E-state index contributed by atoms with van der Waals surface area (Å²) >= 11 is 0. The first kappa shape index (κ1) is 22.2. The van der Waals surface area contributed by atoms with Crippen molar-refractivity contribution in [3.05, 3.63) is 82.7 Å². The average Bonchev–Trinajstić information content (AvgIpc) is 3.01. The molecule has 3 aromatic rings. The van der Waals surface area contributed by atoms with Crippen LogP contribution in [0.3, 0.4) is 0 Å². The summed E-state index contributed by atoms with van der Waals surface area (Å²) in [7, 11) is 0. The number of amides is 2. The smallest absolute Gasteiger partial charge is 0.319 e. The molecule has 2 aromatic carbocycles. The molecule has 0 saturated carbocycles. The Morgan fingerprint density at radius 3 is 2.42 bits per heavy atom. The molecule has 0 aliphatic rings. The number of aromatic nitrogens is 1. The number of hydrogen-bond donors (Lipinski definition) is 2. The lowest BCUT2D eigenvalue weighted by atomic mass is 10.1. The number of nitrogens with zero attached hydrogens (tertiary/aromatic N) is 1. The van der Waals surface area contributed by atoms with Crippen LogP contribution in [-0.4, -0.2) is 23.2 Å². The van der Waals surface area contributed by atoms with Gasteiger partial charge in [-0.1, -0.05) is 24.3 Å². The van der Waals surface area contributed by atoms with Gasteiger partial charge in [0.2, 0.25) is 0 Å². The number of hydrogen-bond acceptors (Lipinski definition) is 3. The molecule has 6 nitrogen and oxygen atoms in total. The summed E-state index contributed by atoms with van der Waals surface area (Å²) in [5.41, 5.74) is 7.12. The SMILES string of the molecule is CCOC(=O)Cc1ccc(NC(=O)NCc2cc(C)n(-c3cccc(C)c3)c2C)cc1. The van der Waals surface area contributed by atoms with Gasteiger partial charge in [-0.15, -0.1) is 0 Å². The minimum Gasteiger partial charge on any atom is -0.466 e. The summed E-state index contributed by atoms with van der Waals surface area (Å²) in [6, 6.07) is 17.3. The van der Waals surface area contributed by atoms with Crippen LogP contribution in [-0.2, 0) is 22.5 Å². The molecule has 0 aliphatic heterocycles. The summed E-state index contributed by atoms with van der Waals surface area (Å²) in [6.07, 6.45) is 0.219. The fourth-order valence-corrected chi connectivity index (χ4v) is 3.61. The highest BCUT2D eigenvalue weighted by molar-refractivity contribution is 5.89. The van der Waals surface area contributed by atoms with Crippen LogP contribution in [0.25, 0.3) is 5.69 Å². The van der Waals surface area contributed by atoms with Crippen LogP contribution in [0.4, 0.5) is 10.5 Å². The predicted octanol–water partition coefficient (Wildman–Crippen LogP) is 4.83. The minimum absolute atomic E-state index is 0.219. The predicted molar refractivity (Wildman–Crippen MR) is 123 cm³/mol. The Bertz CT molecular complexity index is 1070. The van der Waals surface area contributed by atoms with Gasteiger partial charge in [-0.2, -0.15) is 0 Å². The highest BCUT2D eigenvalue weighted by atomic mass is 16.5. The van der Waals surface area contributed by atoms with E-state index < -0.39 is 0 Å². The van der Waals surface area contributed by atoms with Gasteiger partial charge in [0.15, 0.2) is 0 Å². The summed E-state index contributed by atoms with van der Waals surface area (Å²) in [5, 5.41) is 5.74. The second-order valence-electron chi connectivity index (χ2n) is 7.56. The van der Waals surface area contributed by atoms with E-state index in [0.29, 0.717) is 18.8 Å². The zero-order valence-corrected chi connectivity index (χ0v) is 18.5. The summed E-state index contributed by atoms with van der Waals surface area (Å²) in [5.74, 6) is -0.260. The molecule has 6 heteroatoms. The van der Waals surface area contributed by atoms with E-state index in [1.54, 1.807) is 19.1 Å². The molecule has 31 heavy (non-hydrogen) atoms. The molecule has 0 unspecified atom stereocenters. The van der Waals surface area contributed by atoms with Gasteiger partial charge in [-0.3, -0.25) is 4.79 Å². The number of benzene rings is 2. The average molecular weight is 420 g/mol. The van der Waals surface area contributed by atoms with Crippen LogP contribution in [0.1, 0.15) is 35.0 Å². The van der Waals surface area contributed by atoms with Crippen molar-refractivity contribution < 1.29 is 14.3 Å².